The van der Waals surface area contributed by atoms with Crippen LogP contribution in [0.25, 0.3) is 0 Å². The zero-order valence-corrected chi connectivity index (χ0v) is 9.91. The summed E-state index contributed by atoms with van der Waals surface area (Å²) >= 11 is 0. The lowest BCUT2D eigenvalue weighted by molar-refractivity contribution is -0.140. The number of imide groups is 1. The fourth-order valence-electron chi connectivity index (χ4n) is 1.27. The van der Waals surface area contributed by atoms with Crippen molar-refractivity contribution >= 4 is 12.3 Å². The molecule has 0 aromatic carbocycles. The van der Waals surface area contributed by atoms with Crippen molar-refractivity contribution in [2.75, 3.05) is 13.6 Å². The molecule has 0 atom stereocenters. The van der Waals surface area contributed by atoms with Gasteiger partial charge in [-0.1, -0.05) is 6.08 Å². The lowest BCUT2D eigenvalue weighted by Gasteiger charge is -2.33. The van der Waals surface area contributed by atoms with Crippen LogP contribution < -0.4 is 5.32 Å². The average molecular weight is 212 g/mol. The van der Waals surface area contributed by atoms with E-state index in [1.165, 1.54) is 11.0 Å². The second-order valence-corrected chi connectivity index (χ2v) is 3.98. The van der Waals surface area contributed by atoms with Crippen molar-refractivity contribution < 1.29 is 9.59 Å². The van der Waals surface area contributed by atoms with E-state index in [2.05, 4.69) is 5.32 Å². The zero-order chi connectivity index (χ0) is 11.9. The summed E-state index contributed by atoms with van der Waals surface area (Å²) in [6.45, 7) is 6.27. The lowest BCUT2D eigenvalue weighted by Crippen LogP contribution is -2.47. The molecule has 0 aliphatic carbocycles. The van der Waals surface area contributed by atoms with Crippen LogP contribution >= 0.6 is 0 Å². The highest BCUT2D eigenvalue weighted by Crippen LogP contribution is 2.17. The maximum Gasteiger partial charge on any atom is 0.253 e. The summed E-state index contributed by atoms with van der Waals surface area (Å²) in [6.07, 6.45) is 4.35. The normalized spacial score (nSPS) is 11.7. The van der Waals surface area contributed by atoms with Gasteiger partial charge in [0, 0.05) is 5.54 Å². The number of nitrogens with one attached hydrogen (secondary N) is 1. The largest absolute Gasteiger partial charge is 0.320 e. The van der Waals surface area contributed by atoms with Crippen molar-refractivity contribution in [2.45, 2.75) is 32.7 Å². The molecule has 4 nitrogen and oxygen atoms in total. The number of allylic oxidation sites excluding steroid dienone is 1. The molecule has 0 saturated carbocycles. The van der Waals surface area contributed by atoms with Crippen LogP contribution in [-0.2, 0) is 9.59 Å². The molecule has 0 heterocycles. The Kier molecular flexibility index (Phi) is 5.86. The van der Waals surface area contributed by atoms with Crippen LogP contribution in [0.4, 0.5) is 0 Å². The Bertz CT molecular complexity index is 247. The molecular formula is C11H20N2O2. The number of rotatable bonds is 6. The molecule has 0 fully saturated rings. The number of carbonyl (C=O) groups excluding carboxylic acids is 2. The smallest absolute Gasteiger partial charge is 0.253 e. The highest BCUT2D eigenvalue weighted by Gasteiger charge is 2.28. The first kappa shape index (κ1) is 13.8. The quantitative estimate of drug-likeness (QED) is 0.526. The number of hydrogen-bond donors (Lipinski definition) is 1. The molecule has 15 heavy (non-hydrogen) atoms. The van der Waals surface area contributed by atoms with E-state index in [0.717, 1.165) is 13.0 Å². The molecule has 0 saturated heterocycles. The van der Waals surface area contributed by atoms with E-state index in [-0.39, 0.29) is 5.91 Å². The van der Waals surface area contributed by atoms with E-state index in [1.807, 2.05) is 20.9 Å². The molecule has 86 valence electrons. The second kappa shape index (κ2) is 6.35. The molecule has 0 aromatic rings. The predicted octanol–water partition coefficient (Wildman–Crippen LogP) is 0.936. The SMILES string of the molecule is C/C=C\C(=O)N(C=O)C(C)(C)CCNC. The van der Waals surface area contributed by atoms with Crippen LogP contribution in [0.2, 0.25) is 0 Å². The van der Waals surface area contributed by atoms with Crippen LogP contribution in [0, 0.1) is 0 Å². The summed E-state index contributed by atoms with van der Waals surface area (Å²) in [4.78, 5) is 23.7. The molecular weight excluding hydrogens is 192 g/mol. The Morgan fingerprint density at radius 3 is 2.47 bits per heavy atom. The van der Waals surface area contributed by atoms with Crippen LogP contribution in [0.5, 0.6) is 0 Å². The summed E-state index contributed by atoms with van der Waals surface area (Å²) in [5, 5.41) is 3.00. The Balaban J connectivity index is 4.63. The third-order valence-electron chi connectivity index (χ3n) is 2.29. The number of carbonyl (C=O) groups is 2. The van der Waals surface area contributed by atoms with E-state index >= 15 is 0 Å². The summed E-state index contributed by atoms with van der Waals surface area (Å²) in [5.74, 6) is -0.270. The van der Waals surface area contributed by atoms with Gasteiger partial charge in [0.05, 0.1) is 0 Å². The van der Waals surface area contributed by atoms with Gasteiger partial charge in [0.2, 0.25) is 6.41 Å². The molecule has 2 amide bonds. The van der Waals surface area contributed by atoms with E-state index in [0.29, 0.717) is 6.41 Å². The van der Waals surface area contributed by atoms with Crippen molar-refractivity contribution in [1.82, 2.24) is 10.2 Å². The lowest BCUT2D eigenvalue weighted by atomic mass is 9.98. The first-order valence-corrected chi connectivity index (χ1v) is 5.05. The molecule has 0 bridgehead atoms. The van der Waals surface area contributed by atoms with Crippen LogP contribution in [0.1, 0.15) is 27.2 Å². The van der Waals surface area contributed by atoms with Gasteiger partial charge in [0.1, 0.15) is 0 Å². The maximum absolute atomic E-state index is 11.6. The van der Waals surface area contributed by atoms with Gasteiger partial charge in [-0.25, -0.2) is 0 Å². The zero-order valence-electron chi connectivity index (χ0n) is 9.91. The number of amides is 2. The minimum absolute atomic E-state index is 0.270. The van der Waals surface area contributed by atoms with Gasteiger partial charge < -0.3 is 5.32 Å². The number of hydrogen-bond acceptors (Lipinski definition) is 3. The molecule has 1 N–H and O–H groups in total. The van der Waals surface area contributed by atoms with Crippen molar-refractivity contribution in [1.29, 1.82) is 0 Å². The molecule has 4 heteroatoms. The molecule has 0 aliphatic rings. The monoisotopic (exact) mass is 212 g/mol. The third-order valence-corrected chi connectivity index (χ3v) is 2.29. The summed E-state index contributed by atoms with van der Waals surface area (Å²) in [6, 6.07) is 0. The van der Waals surface area contributed by atoms with E-state index < -0.39 is 5.54 Å². The second-order valence-electron chi connectivity index (χ2n) is 3.98. The topological polar surface area (TPSA) is 49.4 Å². The maximum atomic E-state index is 11.6. The van der Waals surface area contributed by atoms with E-state index in [4.69, 9.17) is 0 Å². The fourth-order valence-corrected chi connectivity index (χ4v) is 1.27. The van der Waals surface area contributed by atoms with Crippen molar-refractivity contribution in [3.8, 4) is 0 Å². The minimum atomic E-state index is -0.457. The van der Waals surface area contributed by atoms with E-state index in [9.17, 15) is 9.59 Å². The van der Waals surface area contributed by atoms with E-state index in [1.54, 1.807) is 13.0 Å². The van der Waals surface area contributed by atoms with Gasteiger partial charge in [-0.05, 0) is 46.9 Å². The highest BCUT2D eigenvalue weighted by molar-refractivity contribution is 5.95. The summed E-state index contributed by atoms with van der Waals surface area (Å²) < 4.78 is 0. The van der Waals surface area contributed by atoms with Gasteiger partial charge in [0.25, 0.3) is 5.91 Å². The molecule has 0 aromatic heterocycles. The van der Waals surface area contributed by atoms with Gasteiger partial charge in [-0.2, -0.15) is 0 Å². The van der Waals surface area contributed by atoms with Gasteiger partial charge in [-0.15, -0.1) is 0 Å². The van der Waals surface area contributed by atoms with Gasteiger partial charge >= 0.3 is 0 Å². The molecule has 0 unspecified atom stereocenters. The first-order valence-electron chi connectivity index (χ1n) is 5.05. The van der Waals surface area contributed by atoms with Gasteiger partial charge in [0.15, 0.2) is 0 Å². The fraction of sp³-hybridized carbons (Fsp3) is 0.636. The third kappa shape index (κ3) is 4.25. The predicted molar refractivity (Wildman–Crippen MR) is 60.3 cm³/mol. The molecule has 0 radical (unpaired) electrons. The highest BCUT2D eigenvalue weighted by atomic mass is 16.2. The standard InChI is InChI=1S/C11H20N2O2/c1-5-6-10(15)13(9-14)11(2,3)7-8-12-4/h5-6,9,12H,7-8H2,1-4H3/b6-5-. The van der Waals surface area contributed by atoms with Crippen molar-refractivity contribution in [3.05, 3.63) is 12.2 Å². The minimum Gasteiger partial charge on any atom is -0.320 e. The Labute approximate surface area is 91.3 Å². The van der Waals surface area contributed by atoms with Gasteiger partial charge in [-0.3, -0.25) is 14.5 Å². The van der Waals surface area contributed by atoms with Crippen LogP contribution in [0.3, 0.4) is 0 Å². The summed E-state index contributed by atoms with van der Waals surface area (Å²) in [5.41, 5.74) is -0.457. The Morgan fingerprint density at radius 1 is 1.47 bits per heavy atom. The Hall–Kier alpha value is -1.16. The van der Waals surface area contributed by atoms with Crippen molar-refractivity contribution in [2.24, 2.45) is 0 Å². The number of nitrogens with zero attached hydrogens (tertiary/aromatic N) is 1. The molecule has 0 rings (SSSR count). The van der Waals surface area contributed by atoms with Crippen molar-refractivity contribution in [3.63, 3.8) is 0 Å². The summed E-state index contributed by atoms with van der Waals surface area (Å²) in [7, 11) is 1.84. The molecule has 0 aliphatic heterocycles. The average Bonchev–Trinajstić information content (AvgIpc) is 2.16. The van der Waals surface area contributed by atoms with Crippen LogP contribution in [-0.4, -0.2) is 36.3 Å². The molecule has 0 spiro atoms. The first-order chi connectivity index (χ1) is 6.99. The Morgan fingerprint density at radius 2 is 2.07 bits per heavy atom. The van der Waals surface area contributed by atoms with Crippen LogP contribution in [0.15, 0.2) is 12.2 Å².